The molecule has 0 spiro atoms. The lowest BCUT2D eigenvalue weighted by Crippen LogP contribution is -2.42. The van der Waals surface area contributed by atoms with Gasteiger partial charge in [0.15, 0.2) is 7.98 Å². The number of rotatable bonds is 4. The van der Waals surface area contributed by atoms with Crippen LogP contribution < -0.4 is 11.1 Å². The van der Waals surface area contributed by atoms with Crippen molar-refractivity contribution >= 4 is 20.2 Å². The molecule has 90 valence electrons. The first-order valence-corrected chi connectivity index (χ1v) is 5.63. The molecule has 5 nitrogen and oxygen atoms in total. The number of nitrogens with one attached hydrogen (secondary N) is 1. The molecule has 0 aromatic carbocycles. The molecule has 0 aromatic rings. The Kier molecular flexibility index (Phi) is 7.84. The number of hydrogen-bond donors (Lipinski definition) is 2. The Morgan fingerprint density at radius 2 is 2.25 bits per heavy atom. The highest BCUT2D eigenvalue weighted by atomic mass is 16.2. The fraction of sp³-hybridized carbons (Fsp3) is 0.800. The molecule has 1 aliphatic rings. The molecule has 2 radical (unpaired) electrons. The highest BCUT2D eigenvalue weighted by Gasteiger charge is 2.31. The number of nitrogens with zero attached hydrogens (tertiary/aromatic N) is 1. The molecule has 0 bridgehead atoms. The van der Waals surface area contributed by atoms with Crippen LogP contribution in [0.1, 0.15) is 26.7 Å². The number of nitrogens with two attached hydrogens (primary N) is 1. The summed E-state index contributed by atoms with van der Waals surface area (Å²) in [4.78, 5) is 22.9. The SMILES string of the molecule is CC.[B]N1CC(N)CC1C(=O)NCCC=O. The average molecular weight is 225 g/mol. The summed E-state index contributed by atoms with van der Waals surface area (Å²) in [5.41, 5.74) is 5.65. The van der Waals surface area contributed by atoms with E-state index >= 15 is 0 Å². The van der Waals surface area contributed by atoms with Gasteiger partial charge in [0.05, 0.1) is 6.04 Å². The molecular formula is C10H20BN3O2. The fourth-order valence-corrected chi connectivity index (χ4v) is 1.52. The Morgan fingerprint density at radius 3 is 2.69 bits per heavy atom. The summed E-state index contributed by atoms with van der Waals surface area (Å²) in [5.74, 6) is -0.151. The maximum Gasteiger partial charge on any atom is 0.236 e. The number of amides is 1. The molecule has 3 N–H and O–H groups in total. The van der Waals surface area contributed by atoms with Crippen molar-refractivity contribution in [2.24, 2.45) is 5.73 Å². The molecule has 1 rings (SSSR count). The molecule has 1 aliphatic heterocycles. The molecule has 0 aromatic heterocycles. The second-order valence-corrected chi connectivity index (χ2v) is 3.45. The molecule has 6 heteroatoms. The Hall–Kier alpha value is -0.875. The summed E-state index contributed by atoms with van der Waals surface area (Å²) in [6.07, 6.45) is 1.67. The van der Waals surface area contributed by atoms with Crippen LogP contribution in [0.2, 0.25) is 0 Å². The summed E-state index contributed by atoms with van der Waals surface area (Å²) >= 11 is 0. The molecular weight excluding hydrogens is 205 g/mol. The number of hydrogen-bond acceptors (Lipinski definition) is 4. The van der Waals surface area contributed by atoms with Crippen molar-refractivity contribution in [3.63, 3.8) is 0 Å². The van der Waals surface area contributed by atoms with E-state index in [1.807, 2.05) is 13.8 Å². The largest absolute Gasteiger partial charge is 0.354 e. The second kappa shape index (κ2) is 8.30. The minimum atomic E-state index is -0.350. The van der Waals surface area contributed by atoms with Gasteiger partial charge in [0, 0.05) is 25.6 Å². The van der Waals surface area contributed by atoms with Crippen molar-refractivity contribution in [1.82, 2.24) is 10.1 Å². The van der Waals surface area contributed by atoms with Crippen molar-refractivity contribution < 1.29 is 9.59 Å². The van der Waals surface area contributed by atoms with Crippen molar-refractivity contribution in [3.05, 3.63) is 0 Å². The molecule has 2 unspecified atom stereocenters. The number of carbonyl (C=O) groups is 2. The van der Waals surface area contributed by atoms with Crippen LogP contribution in [-0.4, -0.2) is 50.2 Å². The summed E-state index contributed by atoms with van der Waals surface area (Å²) in [6, 6.07) is -0.390. The van der Waals surface area contributed by atoms with E-state index in [0.29, 0.717) is 25.9 Å². The third kappa shape index (κ3) is 4.76. The van der Waals surface area contributed by atoms with Gasteiger partial charge in [0.25, 0.3) is 0 Å². The first-order chi connectivity index (χ1) is 7.65. The molecule has 1 saturated heterocycles. The van der Waals surface area contributed by atoms with Gasteiger partial charge >= 0.3 is 0 Å². The van der Waals surface area contributed by atoms with Gasteiger partial charge in [-0.15, -0.1) is 0 Å². The Labute approximate surface area is 98.2 Å². The van der Waals surface area contributed by atoms with E-state index in [-0.39, 0.29) is 18.0 Å². The van der Waals surface area contributed by atoms with Gasteiger partial charge < -0.3 is 20.7 Å². The Bertz CT molecular complexity index is 226. The Balaban J connectivity index is 0.00000106. The van der Waals surface area contributed by atoms with E-state index in [1.54, 1.807) is 0 Å². The van der Waals surface area contributed by atoms with E-state index in [9.17, 15) is 9.59 Å². The van der Waals surface area contributed by atoms with Crippen LogP contribution in [0.3, 0.4) is 0 Å². The van der Waals surface area contributed by atoms with Gasteiger partial charge in [-0.1, -0.05) is 13.8 Å². The van der Waals surface area contributed by atoms with Crippen LogP contribution in [0.5, 0.6) is 0 Å². The topological polar surface area (TPSA) is 75.4 Å². The van der Waals surface area contributed by atoms with Crippen LogP contribution in [0.25, 0.3) is 0 Å². The van der Waals surface area contributed by atoms with Crippen molar-refractivity contribution in [3.8, 4) is 0 Å². The predicted molar refractivity (Wildman–Crippen MR) is 63.9 cm³/mol. The van der Waals surface area contributed by atoms with Crippen LogP contribution in [-0.2, 0) is 9.59 Å². The molecule has 16 heavy (non-hydrogen) atoms. The normalized spacial score (nSPS) is 24.4. The van der Waals surface area contributed by atoms with Gasteiger partial charge in [-0.05, 0) is 6.42 Å². The summed E-state index contributed by atoms with van der Waals surface area (Å²) < 4.78 is 0. The maximum absolute atomic E-state index is 11.5. The molecule has 1 amide bonds. The third-order valence-corrected chi connectivity index (χ3v) is 2.24. The average Bonchev–Trinajstić information content (AvgIpc) is 2.61. The monoisotopic (exact) mass is 225 g/mol. The van der Waals surface area contributed by atoms with Crippen molar-refractivity contribution in [1.29, 1.82) is 0 Å². The van der Waals surface area contributed by atoms with Crippen LogP contribution in [0.15, 0.2) is 0 Å². The van der Waals surface area contributed by atoms with Crippen molar-refractivity contribution in [2.75, 3.05) is 13.1 Å². The number of carbonyl (C=O) groups excluding carboxylic acids is 2. The molecule has 0 saturated carbocycles. The lowest BCUT2D eigenvalue weighted by atomic mass is 10.1. The summed E-state index contributed by atoms with van der Waals surface area (Å²) in [6.45, 7) is 4.90. The minimum absolute atomic E-state index is 0.0400. The minimum Gasteiger partial charge on any atom is -0.354 e. The van der Waals surface area contributed by atoms with E-state index in [2.05, 4.69) is 5.32 Å². The summed E-state index contributed by atoms with van der Waals surface area (Å²) in [5, 5.41) is 2.63. The van der Waals surface area contributed by atoms with E-state index < -0.39 is 0 Å². The molecule has 2 atom stereocenters. The third-order valence-electron chi connectivity index (χ3n) is 2.24. The predicted octanol–water partition coefficient (Wildman–Crippen LogP) is -0.797. The Morgan fingerprint density at radius 1 is 1.62 bits per heavy atom. The van der Waals surface area contributed by atoms with Crippen molar-refractivity contribution in [2.45, 2.75) is 38.8 Å². The molecule has 0 aliphatic carbocycles. The molecule has 1 fully saturated rings. The first kappa shape index (κ1) is 15.1. The lowest BCUT2D eigenvalue weighted by Gasteiger charge is -2.18. The van der Waals surface area contributed by atoms with E-state index in [4.69, 9.17) is 13.7 Å². The maximum atomic E-state index is 11.5. The second-order valence-electron chi connectivity index (χ2n) is 3.45. The van der Waals surface area contributed by atoms with Gasteiger partial charge in [0.2, 0.25) is 5.91 Å². The standard InChI is InChI=1S/C8H14BN3O2.C2H6/c9-12-5-6(10)4-7(12)8(14)11-2-1-3-13;1-2/h3,6-7H,1-2,4-5,10H2,(H,11,14);1-2H3. The van der Waals surface area contributed by atoms with Gasteiger partial charge in [-0.2, -0.15) is 0 Å². The highest BCUT2D eigenvalue weighted by molar-refractivity contribution is 6.07. The zero-order valence-corrected chi connectivity index (χ0v) is 9.98. The quantitative estimate of drug-likeness (QED) is 0.373. The number of aldehydes is 1. The van der Waals surface area contributed by atoms with Crippen LogP contribution in [0, 0.1) is 0 Å². The molecule has 1 heterocycles. The van der Waals surface area contributed by atoms with E-state index in [1.165, 1.54) is 4.81 Å². The fourth-order valence-electron chi connectivity index (χ4n) is 1.52. The summed E-state index contributed by atoms with van der Waals surface area (Å²) in [7, 11) is 5.60. The zero-order valence-electron chi connectivity index (χ0n) is 9.98. The zero-order chi connectivity index (χ0) is 12.6. The van der Waals surface area contributed by atoms with Gasteiger partial charge in [-0.3, -0.25) is 4.79 Å². The van der Waals surface area contributed by atoms with Gasteiger partial charge in [-0.25, -0.2) is 0 Å². The highest BCUT2D eigenvalue weighted by Crippen LogP contribution is 2.13. The van der Waals surface area contributed by atoms with Gasteiger partial charge in [0.1, 0.15) is 6.29 Å². The first-order valence-electron chi connectivity index (χ1n) is 5.63. The van der Waals surface area contributed by atoms with Crippen LogP contribution >= 0.6 is 0 Å². The smallest absolute Gasteiger partial charge is 0.236 e. The lowest BCUT2D eigenvalue weighted by molar-refractivity contribution is -0.124. The van der Waals surface area contributed by atoms with E-state index in [0.717, 1.165) is 6.29 Å². The van der Waals surface area contributed by atoms with Crippen LogP contribution in [0.4, 0.5) is 0 Å².